The number of carbonyl (C=O) groups is 1. The van der Waals surface area contributed by atoms with Gasteiger partial charge in [0.2, 0.25) is 5.91 Å². The SMILES string of the molecule is CC1CN(c2ccc(C(F)(F)F)cn2)CC(C)N1CC(=O)N1CC=C(c2cccc3ccoc23)CC1. The Morgan fingerprint density at radius 3 is 2.53 bits per heavy atom. The topological polar surface area (TPSA) is 52.8 Å². The van der Waals surface area contributed by atoms with Gasteiger partial charge in [-0.3, -0.25) is 9.69 Å². The zero-order chi connectivity index (χ0) is 25.4. The minimum Gasteiger partial charge on any atom is -0.464 e. The highest BCUT2D eigenvalue weighted by atomic mass is 19.4. The van der Waals surface area contributed by atoms with Crippen LogP contribution < -0.4 is 4.90 Å². The summed E-state index contributed by atoms with van der Waals surface area (Å²) in [7, 11) is 0. The number of fused-ring (bicyclic) bond motifs is 1. The molecule has 1 amide bonds. The molecule has 6 nitrogen and oxygen atoms in total. The molecule has 1 saturated heterocycles. The fourth-order valence-corrected chi connectivity index (χ4v) is 5.24. The van der Waals surface area contributed by atoms with Crippen molar-refractivity contribution in [1.82, 2.24) is 14.8 Å². The van der Waals surface area contributed by atoms with Crippen molar-refractivity contribution < 1.29 is 22.4 Å². The molecule has 2 atom stereocenters. The van der Waals surface area contributed by atoms with Crippen LogP contribution in [0.5, 0.6) is 0 Å². The fourth-order valence-electron chi connectivity index (χ4n) is 5.24. The summed E-state index contributed by atoms with van der Waals surface area (Å²) in [6.07, 6.45) is 1.06. The van der Waals surface area contributed by atoms with E-state index >= 15 is 0 Å². The van der Waals surface area contributed by atoms with Gasteiger partial charge in [0.15, 0.2) is 0 Å². The number of hydrogen-bond acceptors (Lipinski definition) is 5. The molecule has 2 aromatic heterocycles. The number of anilines is 1. The van der Waals surface area contributed by atoms with Crippen LogP contribution in [0.3, 0.4) is 0 Å². The van der Waals surface area contributed by atoms with E-state index in [-0.39, 0.29) is 18.0 Å². The number of para-hydroxylation sites is 1. The van der Waals surface area contributed by atoms with Gasteiger partial charge in [-0.15, -0.1) is 0 Å². The first-order valence-electron chi connectivity index (χ1n) is 12.2. The second kappa shape index (κ2) is 9.61. The second-order valence-corrected chi connectivity index (χ2v) is 9.64. The van der Waals surface area contributed by atoms with Crippen LogP contribution in [0.1, 0.15) is 31.4 Å². The third kappa shape index (κ3) is 4.84. The van der Waals surface area contributed by atoms with Crippen LogP contribution in [-0.2, 0) is 11.0 Å². The summed E-state index contributed by atoms with van der Waals surface area (Å²) in [4.78, 5) is 23.2. The molecular weight excluding hydrogens is 469 g/mol. The highest BCUT2D eigenvalue weighted by molar-refractivity contribution is 5.90. The third-order valence-corrected chi connectivity index (χ3v) is 7.21. The summed E-state index contributed by atoms with van der Waals surface area (Å²) >= 11 is 0. The minimum absolute atomic E-state index is 0.0502. The number of alkyl halides is 3. The molecule has 0 radical (unpaired) electrons. The lowest BCUT2D eigenvalue weighted by molar-refractivity contribution is -0.137. The van der Waals surface area contributed by atoms with Gasteiger partial charge >= 0.3 is 6.18 Å². The number of amides is 1. The number of rotatable bonds is 4. The summed E-state index contributed by atoms with van der Waals surface area (Å²) in [5, 5.41) is 1.07. The molecule has 36 heavy (non-hydrogen) atoms. The van der Waals surface area contributed by atoms with Crippen LogP contribution in [0.4, 0.5) is 19.0 Å². The molecule has 4 heterocycles. The first-order valence-corrected chi connectivity index (χ1v) is 12.2. The zero-order valence-electron chi connectivity index (χ0n) is 20.3. The minimum atomic E-state index is -4.40. The lowest BCUT2D eigenvalue weighted by Gasteiger charge is -2.45. The number of pyridine rings is 1. The van der Waals surface area contributed by atoms with Crippen LogP contribution in [0.2, 0.25) is 0 Å². The van der Waals surface area contributed by atoms with Crippen LogP contribution >= 0.6 is 0 Å². The Hall–Kier alpha value is -3.33. The van der Waals surface area contributed by atoms with Crippen molar-refractivity contribution in [3.05, 3.63) is 66.1 Å². The molecule has 0 aliphatic carbocycles. The Kier molecular flexibility index (Phi) is 6.51. The predicted molar refractivity (Wildman–Crippen MR) is 132 cm³/mol. The number of benzene rings is 1. The molecular formula is C27H29F3N4O2. The van der Waals surface area contributed by atoms with E-state index in [9.17, 15) is 18.0 Å². The summed E-state index contributed by atoms with van der Waals surface area (Å²) in [5.41, 5.74) is 2.40. The maximum atomic E-state index is 13.2. The van der Waals surface area contributed by atoms with E-state index in [2.05, 4.69) is 22.0 Å². The largest absolute Gasteiger partial charge is 0.464 e. The highest BCUT2D eigenvalue weighted by Gasteiger charge is 2.34. The number of hydrogen-bond donors (Lipinski definition) is 0. The quantitative estimate of drug-likeness (QED) is 0.503. The second-order valence-electron chi connectivity index (χ2n) is 9.64. The van der Waals surface area contributed by atoms with E-state index in [1.807, 2.05) is 41.8 Å². The summed E-state index contributed by atoms with van der Waals surface area (Å²) in [6.45, 7) is 6.79. The van der Waals surface area contributed by atoms with Crippen molar-refractivity contribution >= 4 is 28.3 Å². The van der Waals surface area contributed by atoms with Gasteiger partial charge < -0.3 is 14.2 Å². The van der Waals surface area contributed by atoms with Crippen LogP contribution in [0.15, 0.2) is 59.4 Å². The summed E-state index contributed by atoms with van der Waals surface area (Å²) in [5.74, 6) is 0.606. The number of halogens is 3. The average molecular weight is 499 g/mol. The molecule has 9 heteroatoms. The molecule has 1 fully saturated rings. The molecule has 190 valence electrons. The van der Waals surface area contributed by atoms with Crippen LogP contribution in [-0.4, -0.2) is 65.5 Å². The first kappa shape index (κ1) is 24.4. The molecule has 2 unspecified atom stereocenters. The maximum absolute atomic E-state index is 13.2. The van der Waals surface area contributed by atoms with Crippen molar-refractivity contribution in [2.45, 2.75) is 38.5 Å². The van der Waals surface area contributed by atoms with Gasteiger partial charge in [-0.1, -0.05) is 24.3 Å². The molecule has 2 aliphatic heterocycles. The summed E-state index contributed by atoms with van der Waals surface area (Å²) < 4.78 is 44.3. The van der Waals surface area contributed by atoms with E-state index < -0.39 is 11.7 Å². The predicted octanol–water partition coefficient (Wildman–Crippen LogP) is 5.06. The van der Waals surface area contributed by atoms with Gasteiger partial charge in [0.05, 0.1) is 18.4 Å². The normalized spacial score (nSPS) is 21.6. The average Bonchev–Trinajstić information content (AvgIpc) is 3.35. The molecule has 2 aliphatic rings. The monoisotopic (exact) mass is 498 g/mol. The van der Waals surface area contributed by atoms with Gasteiger partial charge in [-0.25, -0.2) is 4.98 Å². The zero-order valence-corrected chi connectivity index (χ0v) is 20.3. The Balaban J connectivity index is 1.20. The molecule has 5 rings (SSSR count). The number of aromatic nitrogens is 1. The van der Waals surface area contributed by atoms with E-state index in [4.69, 9.17) is 4.42 Å². The van der Waals surface area contributed by atoms with Crippen molar-refractivity contribution in [2.24, 2.45) is 0 Å². The van der Waals surface area contributed by atoms with E-state index in [1.165, 1.54) is 11.6 Å². The van der Waals surface area contributed by atoms with Crippen molar-refractivity contribution in [2.75, 3.05) is 37.6 Å². The molecule has 0 N–H and O–H groups in total. The van der Waals surface area contributed by atoms with Gasteiger partial charge in [0, 0.05) is 55.4 Å². The van der Waals surface area contributed by atoms with Crippen molar-refractivity contribution in [3.8, 4) is 0 Å². The number of carbonyl (C=O) groups excluding carboxylic acids is 1. The van der Waals surface area contributed by atoms with Crippen molar-refractivity contribution in [3.63, 3.8) is 0 Å². The van der Waals surface area contributed by atoms with Crippen LogP contribution in [0, 0.1) is 0 Å². The number of furan rings is 1. The van der Waals surface area contributed by atoms with Gasteiger partial charge in [-0.05, 0) is 44.0 Å². The Bertz CT molecular complexity index is 1260. The number of piperazine rings is 1. The van der Waals surface area contributed by atoms with Gasteiger partial charge in [0.25, 0.3) is 0 Å². The summed E-state index contributed by atoms with van der Waals surface area (Å²) in [6, 6.07) is 10.6. The molecule has 0 spiro atoms. The first-order chi connectivity index (χ1) is 17.2. The Labute approximate surface area is 208 Å². The van der Waals surface area contributed by atoms with Gasteiger partial charge in [0.1, 0.15) is 11.4 Å². The van der Waals surface area contributed by atoms with Crippen LogP contribution in [0.25, 0.3) is 16.5 Å². The third-order valence-electron chi connectivity index (χ3n) is 7.21. The highest BCUT2D eigenvalue weighted by Crippen LogP contribution is 2.31. The molecule has 1 aromatic carbocycles. The van der Waals surface area contributed by atoms with Crippen molar-refractivity contribution in [1.29, 1.82) is 0 Å². The molecule has 0 bridgehead atoms. The fraction of sp³-hybridized carbons (Fsp3) is 0.407. The Morgan fingerprint density at radius 1 is 1.11 bits per heavy atom. The smallest absolute Gasteiger partial charge is 0.417 e. The van der Waals surface area contributed by atoms with E-state index in [0.29, 0.717) is 38.5 Å². The van der Waals surface area contributed by atoms with E-state index in [1.54, 1.807) is 6.26 Å². The maximum Gasteiger partial charge on any atom is 0.417 e. The molecule has 3 aromatic rings. The molecule has 0 saturated carbocycles. The lowest BCUT2D eigenvalue weighted by Crippen LogP contribution is -2.59. The lowest BCUT2D eigenvalue weighted by atomic mass is 9.98. The Morgan fingerprint density at radius 2 is 1.89 bits per heavy atom. The van der Waals surface area contributed by atoms with E-state index in [0.717, 1.165) is 35.2 Å². The standard InChI is InChI=1S/C27H29F3N4O2/c1-18-15-33(24-7-6-22(14-31-24)27(28,29)30)16-19(2)34(18)17-25(35)32-11-8-20(9-12-32)23-5-3-4-21-10-13-36-26(21)23/h3-8,10,13-14,18-19H,9,11-12,15-17H2,1-2H3. The van der Waals surface area contributed by atoms with Gasteiger partial charge in [-0.2, -0.15) is 13.2 Å². The number of nitrogens with zero attached hydrogens (tertiary/aromatic N) is 4.